The van der Waals surface area contributed by atoms with Crippen molar-refractivity contribution in [1.29, 1.82) is 0 Å². The summed E-state index contributed by atoms with van der Waals surface area (Å²) < 4.78 is 5.71. The van der Waals surface area contributed by atoms with Crippen LogP contribution in [-0.2, 0) is 6.54 Å². The van der Waals surface area contributed by atoms with Gasteiger partial charge in [-0.2, -0.15) is 0 Å². The number of pyridine rings is 1. The lowest BCUT2D eigenvalue weighted by Gasteiger charge is -2.09. The zero-order valence-corrected chi connectivity index (χ0v) is 11.2. The number of hydrogen-bond donors (Lipinski definition) is 1. The predicted molar refractivity (Wildman–Crippen MR) is 73.1 cm³/mol. The zero-order valence-electron chi connectivity index (χ0n) is 10.4. The van der Waals surface area contributed by atoms with E-state index in [1.54, 1.807) is 6.20 Å². The quantitative estimate of drug-likeness (QED) is 0.919. The van der Waals surface area contributed by atoms with Crippen LogP contribution >= 0.6 is 11.6 Å². The molecule has 3 nitrogen and oxygen atoms in total. The smallest absolute Gasteiger partial charge is 0.219 e. The monoisotopic (exact) mass is 262 g/mol. The maximum Gasteiger partial charge on any atom is 0.219 e. The number of rotatable bonds is 3. The summed E-state index contributed by atoms with van der Waals surface area (Å²) in [5, 5.41) is 0.769. The molecule has 4 heteroatoms. The minimum atomic E-state index is 0.470. The molecule has 94 valence electrons. The second-order valence-corrected chi connectivity index (χ2v) is 4.56. The average Bonchev–Trinajstić information content (AvgIpc) is 2.36. The third-order valence-corrected chi connectivity index (χ3v) is 3.26. The van der Waals surface area contributed by atoms with Crippen LogP contribution in [0.25, 0.3) is 0 Å². The molecule has 0 aliphatic heterocycles. The van der Waals surface area contributed by atoms with E-state index in [1.807, 2.05) is 38.1 Å². The lowest BCUT2D eigenvalue weighted by atomic mass is 10.1. The molecule has 0 bridgehead atoms. The van der Waals surface area contributed by atoms with Crippen molar-refractivity contribution >= 4 is 11.6 Å². The summed E-state index contributed by atoms with van der Waals surface area (Å²) in [7, 11) is 0. The summed E-state index contributed by atoms with van der Waals surface area (Å²) in [5.41, 5.74) is 8.54. The minimum absolute atomic E-state index is 0.470. The number of hydrogen-bond acceptors (Lipinski definition) is 3. The van der Waals surface area contributed by atoms with Crippen LogP contribution in [0.4, 0.5) is 0 Å². The van der Waals surface area contributed by atoms with Gasteiger partial charge in [0.25, 0.3) is 0 Å². The molecular weight excluding hydrogens is 248 g/mol. The minimum Gasteiger partial charge on any atom is -0.439 e. The van der Waals surface area contributed by atoms with Crippen molar-refractivity contribution in [3.05, 3.63) is 52.2 Å². The standard InChI is InChI=1S/C14H15ClN2O/c1-9-5-12(6-10(2)14(9)15)18-13-7-11(8-16)3-4-17-13/h3-7H,8,16H2,1-2H3. The van der Waals surface area contributed by atoms with E-state index in [9.17, 15) is 0 Å². The Morgan fingerprint density at radius 1 is 1.22 bits per heavy atom. The van der Waals surface area contributed by atoms with Gasteiger partial charge in [0.15, 0.2) is 0 Å². The first-order chi connectivity index (χ1) is 8.60. The fourth-order valence-corrected chi connectivity index (χ4v) is 1.83. The number of halogens is 1. The first kappa shape index (κ1) is 12.9. The van der Waals surface area contributed by atoms with Gasteiger partial charge in [-0.05, 0) is 48.7 Å². The molecule has 1 heterocycles. The molecule has 0 unspecified atom stereocenters. The topological polar surface area (TPSA) is 48.1 Å². The van der Waals surface area contributed by atoms with Crippen LogP contribution in [-0.4, -0.2) is 4.98 Å². The van der Waals surface area contributed by atoms with E-state index in [1.165, 1.54) is 0 Å². The highest BCUT2D eigenvalue weighted by Gasteiger charge is 2.05. The molecule has 0 saturated heterocycles. The van der Waals surface area contributed by atoms with Crippen LogP contribution < -0.4 is 10.5 Å². The third-order valence-electron chi connectivity index (χ3n) is 2.67. The normalized spacial score (nSPS) is 10.4. The molecular formula is C14H15ClN2O. The van der Waals surface area contributed by atoms with Crippen LogP contribution in [0.2, 0.25) is 5.02 Å². The Labute approximate surface area is 112 Å². The van der Waals surface area contributed by atoms with Gasteiger partial charge in [-0.1, -0.05) is 11.6 Å². The van der Waals surface area contributed by atoms with Crippen molar-refractivity contribution in [1.82, 2.24) is 4.98 Å². The summed E-state index contributed by atoms with van der Waals surface area (Å²) in [6.07, 6.45) is 1.69. The Morgan fingerprint density at radius 3 is 2.50 bits per heavy atom. The predicted octanol–water partition coefficient (Wildman–Crippen LogP) is 3.60. The van der Waals surface area contributed by atoms with Crippen LogP contribution in [0, 0.1) is 13.8 Å². The van der Waals surface area contributed by atoms with E-state index in [0.29, 0.717) is 12.4 Å². The van der Waals surface area contributed by atoms with Crippen LogP contribution in [0.15, 0.2) is 30.5 Å². The van der Waals surface area contributed by atoms with Crippen molar-refractivity contribution < 1.29 is 4.74 Å². The molecule has 0 amide bonds. The van der Waals surface area contributed by atoms with Crippen LogP contribution in [0.1, 0.15) is 16.7 Å². The first-order valence-corrected chi connectivity index (χ1v) is 6.07. The van der Waals surface area contributed by atoms with E-state index in [2.05, 4.69) is 4.98 Å². The van der Waals surface area contributed by atoms with Gasteiger partial charge in [0.2, 0.25) is 5.88 Å². The number of nitrogens with two attached hydrogens (primary N) is 1. The molecule has 0 atom stereocenters. The maximum atomic E-state index is 6.11. The Hall–Kier alpha value is -1.58. The molecule has 1 aromatic carbocycles. The zero-order chi connectivity index (χ0) is 13.1. The Bertz CT molecular complexity index is 546. The summed E-state index contributed by atoms with van der Waals surface area (Å²) in [5.74, 6) is 1.27. The third kappa shape index (κ3) is 2.81. The van der Waals surface area contributed by atoms with Gasteiger partial charge in [-0.15, -0.1) is 0 Å². The van der Waals surface area contributed by atoms with Gasteiger partial charge in [0, 0.05) is 23.8 Å². The molecule has 18 heavy (non-hydrogen) atoms. The average molecular weight is 263 g/mol. The molecule has 2 aromatic rings. The summed E-state index contributed by atoms with van der Waals surface area (Å²) in [6.45, 7) is 4.37. The van der Waals surface area contributed by atoms with E-state index in [0.717, 1.165) is 27.5 Å². The van der Waals surface area contributed by atoms with E-state index < -0.39 is 0 Å². The maximum absolute atomic E-state index is 6.11. The SMILES string of the molecule is Cc1cc(Oc2cc(CN)ccn2)cc(C)c1Cl. The van der Waals surface area contributed by atoms with Gasteiger partial charge in [0.05, 0.1) is 0 Å². The second kappa shape index (κ2) is 5.38. The number of nitrogens with zero attached hydrogens (tertiary/aromatic N) is 1. The van der Waals surface area contributed by atoms with Gasteiger partial charge >= 0.3 is 0 Å². The molecule has 1 aromatic heterocycles. The second-order valence-electron chi connectivity index (χ2n) is 4.18. The Balaban J connectivity index is 2.28. The summed E-state index contributed by atoms with van der Waals surface area (Å²) >= 11 is 6.11. The highest BCUT2D eigenvalue weighted by Crippen LogP contribution is 2.28. The van der Waals surface area contributed by atoms with Gasteiger partial charge in [-0.25, -0.2) is 4.98 Å². The van der Waals surface area contributed by atoms with E-state index >= 15 is 0 Å². The Kier molecular flexibility index (Phi) is 3.84. The highest BCUT2D eigenvalue weighted by molar-refractivity contribution is 6.32. The van der Waals surface area contributed by atoms with Crippen molar-refractivity contribution in [2.24, 2.45) is 5.73 Å². The summed E-state index contributed by atoms with van der Waals surface area (Å²) in [6, 6.07) is 7.49. The summed E-state index contributed by atoms with van der Waals surface area (Å²) in [4.78, 5) is 4.15. The molecule has 2 N–H and O–H groups in total. The van der Waals surface area contributed by atoms with E-state index in [4.69, 9.17) is 22.1 Å². The van der Waals surface area contributed by atoms with Crippen molar-refractivity contribution in [3.8, 4) is 11.6 Å². The fourth-order valence-electron chi connectivity index (χ4n) is 1.72. The number of aromatic nitrogens is 1. The molecule has 0 saturated carbocycles. The molecule has 0 fully saturated rings. The molecule has 0 spiro atoms. The van der Waals surface area contributed by atoms with Crippen molar-refractivity contribution in [2.75, 3.05) is 0 Å². The van der Waals surface area contributed by atoms with Crippen LogP contribution in [0.5, 0.6) is 11.6 Å². The lowest BCUT2D eigenvalue weighted by Crippen LogP contribution is -1.97. The van der Waals surface area contributed by atoms with Crippen LogP contribution in [0.3, 0.4) is 0 Å². The van der Waals surface area contributed by atoms with Gasteiger partial charge in [0.1, 0.15) is 5.75 Å². The van der Waals surface area contributed by atoms with Gasteiger partial charge < -0.3 is 10.5 Å². The molecule has 2 rings (SSSR count). The number of benzene rings is 1. The molecule has 0 aliphatic rings. The number of aryl methyl sites for hydroxylation is 2. The molecule has 0 aliphatic carbocycles. The Morgan fingerprint density at radius 2 is 1.89 bits per heavy atom. The molecule has 0 radical (unpaired) electrons. The highest BCUT2D eigenvalue weighted by atomic mass is 35.5. The van der Waals surface area contributed by atoms with Gasteiger partial charge in [-0.3, -0.25) is 0 Å². The van der Waals surface area contributed by atoms with Crippen molar-refractivity contribution in [3.63, 3.8) is 0 Å². The number of ether oxygens (including phenoxy) is 1. The van der Waals surface area contributed by atoms with Crippen molar-refractivity contribution in [2.45, 2.75) is 20.4 Å². The fraction of sp³-hybridized carbons (Fsp3) is 0.214. The van der Waals surface area contributed by atoms with E-state index in [-0.39, 0.29) is 0 Å². The first-order valence-electron chi connectivity index (χ1n) is 5.69. The largest absolute Gasteiger partial charge is 0.439 e. The lowest BCUT2D eigenvalue weighted by molar-refractivity contribution is 0.461.